The van der Waals surface area contributed by atoms with E-state index in [1.807, 2.05) is 30.3 Å². The molecule has 1 saturated heterocycles. The fourth-order valence-electron chi connectivity index (χ4n) is 5.32. The summed E-state index contributed by atoms with van der Waals surface area (Å²) in [7, 11) is 0. The Morgan fingerprint density at radius 1 is 0.936 bits per heavy atom. The van der Waals surface area contributed by atoms with E-state index >= 15 is 0 Å². The molecular formula is C35H26FN3O6S2. The van der Waals surface area contributed by atoms with Crippen molar-refractivity contribution in [3.63, 3.8) is 0 Å². The minimum Gasteiger partial charge on any atom is -0.507 e. The summed E-state index contributed by atoms with van der Waals surface area (Å²) in [6.07, 6.45) is 0. The number of aliphatic hydroxyl groups excluding tert-OH is 1. The van der Waals surface area contributed by atoms with Gasteiger partial charge in [0.15, 0.2) is 15.8 Å². The molecule has 2 aliphatic heterocycles. The number of ether oxygens (including phenoxy) is 3. The van der Waals surface area contributed by atoms with Crippen molar-refractivity contribution in [3.8, 4) is 17.2 Å². The average Bonchev–Trinajstić information content (AvgIpc) is 3.68. The first-order chi connectivity index (χ1) is 23.0. The Hall–Kier alpha value is -5.20. The molecule has 5 aromatic rings. The number of rotatable bonds is 9. The first kappa shape index (κ1) is 30.5. The molecule has 7 rings (SSSR count). The maximum Gasteiger partial charge on any atom is 0.301 e. The second-order valence-corrected chi connectivity index (χ2v) is 12.8. The van der Waals surface area contributed by atoms with Gasteiger partial charge in [0, 0.05) is 11.3 Å². The zero-order valence-electron chi connectivity index (χ0n) is 24.7. The number of benzene rings is 4. The van der Waals surface area contributed by atoms with Gasteiger partial charge >= 0.3 is 5.91 Å². The number of amides is 1. The number of anilines is 1. The highest BCUT2D eigenvalue weighted by Crippen LogP contribution is 2.45. The molecular weight excluding hydrogens is 642 g/mol. The second-order valence-electron chi connectivity index (χ2n) is 10.6. The molecule has 0 spiro atoms. The van der Waals surface area contributed by atoms with Gasteiger partial charge in [-0.2, -0.15) is 0 Å². The van der Waals surface area contributed by atoms with E-state index in [0.29, 0.717) is 58.3 Å². The molecule has 0 saturated carbocycles. The van der Waals surface area contributed by atoms with Crippen molar-refractivity contribution in [1.29, 1.82) is 0 Å². The van der Waals surface area contributed by atoms with E-state index in [0.717, 1.165) is 16.9 Å². The van der Waals surface area contributed by atoms with Gasteiger partial charge < -0.3 is 19.3 Å². The van der Waals surface area contributed by atoms with Gasteiger partial charge in [-0.3, -0.25) is 14.5 Å². The number of carbonyl (C=O) groups is 2. The molecule has 1 N–H and O–H groups in total. The number of ketones is 1. The molecule has 1 amide bonds. The Kier molecular flexibility index (Phi) is 8.60. The smallest absolute Gasteiger partial charge is 0.301 e. The highest BCUT2D eigenvalue weighted by molar-refractivity contribution is 8.00. The Bertz CT molecular complexity index is 2000. The minimum atomic E-state index is -1.05. The molecule has 0 bridgehead atoms. The van der Waals surface area contributed by atoms with Gasteiger partial charge in [-0.05, 0) is 53.1 Å². The molecule has 4 aromatic carbocycles. The van der Waals surface area contributed by atoms with Crippen molar-refractivity contribution in [3.05, 3.63) is 131 Å². The number of aromatic nitrogens is 2. The van der Waals surface area contributed by atoms with Crippen molar-refractivity contribution in [1.82, 2.24) is 10.2 Å². The molecule has 2 aliphatic rings. The molecule has 12 heteroatoms. The monoisotopic (exact) mass is 667 g/mol. The summed E-state index contributed by atoms with van der Waals surface area (Å²) in [6, 6.07) is 26.9. The molecule has 0 radical (unpaired) electrons. The van der Waals surface area contributed by atoms with E-state index in [1.54, 1.807) is 60.7 Å². The molecule has 236 valence electrons. The lowest BCUT2D eigenvalue weighted by Gasteiger charge is -2.23. The van der Waals surface area contributed by atoms with Crippen LogP contribution in [-0.4, -0.2) is 40.2 Å². The predicted molar refractivity (Wildman–Crippen MR) is 175 cm³/mol. The molecule has 3 heterocycles. The van der Waals surface area contributed by atoms with E-state index < -0.39 is 17.7 Å². The molecule has 1 unspecified atom stereocenters. The normalized spacial score (nSPS) is 16.8. The highest BCUT2D eigenvalue weighted by Gasteiger charge is 2.48. The number of hydrogen-bond donors (Lipinski definition) is 1. The molecule has 1 atom stereocenters. The summed E-state index contributed by atoms with van der Waals surface area (Å²) in [5.74, 6) is -0.708. The van der Waals surface area contributed by atoms with Crippen LogP contribution < -0.4 is 19.1 Å². The molecule has 0 aliphatic carbocycles. The van der Waals surface area contributed by atoms with Crippen molar-refractivity contribution in [2.45, 2.75) is 22.7 Å². The lowest BCUT2D eigenvalue weighted by molar-refractivity contribution is -0.132. The lowest BCUT2D eigenvalue weighted by atomic mass is 9.95. The number of thioether (sulfide) groups is 1. The van der Waals surface area contributed by atoms with Gasteiger partial charge in [-0.15, -0.1) is 10.2 Å². The largest absolute Gasteiger partial charge is 0.507 e. The first-order valence-corrected chi connectivity index (χ1v) is 16.4. The van der Waals surface area contributed by atoms with E-state index in [2.05, 4.69) is 10.2 Å². The summed E-state index contributed by atoms with van der Waals surface area (Å²) in [6.45, 7) is 1.04. The maximum absolute atomic E-state index is 14.2. The third-order valence-corrected chi connectivity index (χ3v) is 9.70. The Morgan fingerprint density at radius 3 is 2.55 bits per heavy atom. The summed E-state index contributed by atoms with van der Waals surface area (Å²) in [5, 5.41) is 20.3. The van der Waals surface area contributed by atoms with E-state index in [4.69, 9.17) is 14.2 Å². The van der Waals surface area contributed by atoms with E-state index in [1.165, 1.54) is 22.7 Å². The van der Waals surface area contributed by atoms with Crippen LogP contribution in [0.15, 0.2) is 107 Å². The van der Waals surface area contributed by atoms with Crippen molar-refractivity contribution in [2.75, 3.05) is 18.1 Å². The SMILES string of the molecule is O=C1C(=O)N(c2nnc(SCc3ccccc3F)s2)C(c2cccc(OCc3ccccc3)c2)/C1=C(/O)c1ccc2c(c1)OCCO2. The predicted octanol–water partition coefficient (Wildman–Crippen LogP) is 6.95. The van der Waals surface area contributed by atoms with Crippen LogP contribution in [-0.2, 0) is 21.9 Å². The maximum atomic E-state index is 14.2. The zero-order valence-corrected chi connectivity index (χ0v) is 26.3. The number of hydrogen-bond acceptors (Lipinski definition) is 10. The van der Waals surface area contributed by atoms with E-state index in [9.17, 15) is 19.1 Å². The minimum absolute atomic E-state index is 0.123. The van der Waals surface area contributed by atoms with Gasteiger partial charge in [0.1, 0.15) is 37.1 Å². The Labute approximate surface area is 277 Å². The quantitative estimate of drug-likeness (QED) is 0.0587. The Morgan fingerprint density at radius 2 is 1.72 bits per heavy atom. The number of aliphatic hydroxyl groups is 1. The second kappa shape index (κ2) is 13.3. The van der Waals surface area contributed by atoms with E-state index in [-0.39, 0.29) is 27.8 Å². The van der Waals surface area contributed by atoms with Crippen LogP contribution in [0, 0.1) is 5.82 Å². The fraction of sp³-hybridized carbons (Fsp3) is 0.143. The van der Waals surface area contributed by atoms with Crippen molar-refractivity contribution < 1.29 is 33.3 Å². The number of nitrogens with zero attached hydrogens (tertiary/aromatic N) is 3. The van der Waals surface area contributed by atoms with Crippen molar-refractivity contribution in [2.24, 2.45) is 0 Å². The standard InChI is InChI=1S/C35H26FN3O6S2/c36-26-12-5-4-9-24(26)20-46-35-38-37-34(47-35)39-30(22-10-6-11-25(17-22)45-19-21-7-2-1-3-8-21)29(32(41)33(39)42)31(40)23-13-14-27-28(18-23)44-16-15-43-27/h1-14,17-18,30,40H,15-16,19-20H2/b31-29-. The molecule has 9 nitrogen and oxygen atoms in total. The van der Waals surface area contributed by atoms with Crippen LogP contribution in [0.3, 0.4) is 0 Å². The highest BCUT2D eigenvalue weighted by atomic mass is 32.2. The van der Waals surface area contributed by atoms with Crippen LogP contribution >= 0.6 is 23.1 Å². The third kappa shape index (κ3) is 6.29. The van der Waals surface area contributed by atoms with Gasteiger partial charge in [0.2, 0.25) is 5.13 Å². The van der Waals surface area contributed by atoms with Gasteiger partial charge in [-0.1, -0.05) is 83.8 Å². The Balaban J connectivity index is 1.26. The van der Waals surface area contributed by atoms with Crippen LogP contribution in [0.5, 0.6) is 17.2 Å². The number of halogens is 1. The van der Waals surface area contributed by atoms with Crippen LogP contribution in [0.25, 0.3) is 5.76 Å². The molecule has 1 aromatic heterocycles. The van der Waals surface area contributed by atoms with Crippen LogP contribution in [0.2, 0.25) is 0 Å². The number of carbonyl (C=O) groups excluding carboxylic acids is 2. The zero-order chi connectivity index (χ0) is 32.3. The number of Topliss-reactive ketones (excluding diaryl/α,β-unsaturated/α-hetero) is 1. The summed E-state index contributed by atoms with van der Waals surface area (Å²) in [4.78, 5) is 28.7. The lowest BCUT2D eigenvalue weighted by Crippen LogP contribution is -2.29. The van der Waals surface area contributed by atoms with Crippen molar-refractivity contribution >= 4 is 45.7 Å². The summed E-state index contributed by atoms with van der Waals surface area (Å²) >= 11 is 2.36. The summed E-state index contributed by atoms with van der Waals surface area (Å²) in [5.41, 5.74) is 2.15. The fourth-order valence-corrected chi connectivity index (χ4v) is 7.17. The number of fused-ring (bicyclic) bond motifs is 1. The molecule has 1 fully saturated rings. The molecule has 47 heavy (non-hydrogen) atoms. The van der Waals surface area contributed by atoms with Crippen LogP contribution in [0.4, 0.5) is 9.52 Å². The third-order valence-electron chi connectivity index (χ3n) is 7.59. The first-order valence-electron chi connectivity index (χ1n) is 14.6. The van der Waals surface area contributed by atoms with Gasteiger partial charge in [-0.25, -0.2) is 4.39 Å². The summed E-state index contributed by atoms with van der Waals surface area (Å²) < 4.78 is 32.1. The van der Waals surface area contributed by atoms with Gasteiger partial charge in [0.25, 0.3) is 5.78 Å². The topological polar surface area (TPSA) is 111 Å². The van der Waals surface area contributed by atoms with Crippen LogP contribution in [0.1, 0.15) is 28.3 Å². The van der Waals surface area contributed by atoms with Gasteiger partial charge in [0.05, 0.1) is 11.6 Å². The average molecular weight is 668 g/mol.